The Bertz CT molecular complexity index is 1630. The van der Waals surface area contributed by atoms with Gasteiger partial charge in [0, 0.05) is 40.7 Å². The topological polar surface area (TPSA) is 98.6 Å². The molecule has 4 unspecified atom stereocenters. The lowest BCUT2D eigenvalue weighted by Crippen LogP contribution is -2.44. The van der Waals surface area contributed by atoms with E-state index in [0.29, 0.717) is 39.9 Å². The van der Waals surface area contributed by atoms with Crippen molar-refractivity contribution in [3.05, 3.63) is 83.1 Å². The van der Waals surface area contributed by atoms with Gasteiger partial charge in [-0.15, -0.1) is 0 Å². The summed E-state index contributed by atoms with van der Waals surface area (Å²) in [5.41, 5.74) is 9.17. The Labute approximate surface area is 245 Å². The van der Waals surface area contributed by atoms with Crippen LogP contribution in [0.5, 0.6) is 5.75 Å². The molecule has 3 aliphatic rings. The lowest BCUT2D eigenvalue weighted by atomic mass is 9.51. The first-order valence-electron chi connectivity index (χ1n) is 15.3. The summed E-state index contributed by atoms with van der Waals surface area (Å²) in [6.45, 7) is 0.205. The van der Waals surface area contributed by atoms with Crippen molar-refractivity contribution in [1.29, 1.82) is 0 Å². The van der Waals surface area contributed by atoms with Crippen LogP contribution < -0.4 is 10.5 Å². The van der Waals surface area contributed by atoms with Crippen LogP contribution in [0.1, 0.15) is 73.4 Å². The molecule has 4 atom stereocenters. The number of carbonyl (C=O) groups is 1. The number of nitrogens with zero attached hydrogens (tertiary/aromatic N) is 1. The average Bonchev–Trinajstić information content (AvgIpc) is 3.34. The zero-order chi connectivity index (χ0) is 28.8. The van der Waals surface area contributed by atoms with Crippen molar-refractivity contribution >= 4 is 16.9 Å². The highest BCUT2D eigenvalue weighted by Gasteiger charge is 2.49. The fourth-order valence-corrected chi connectivity index (χ4v) is 7.58. The molecule has 6 nitrogen and oxygen atoms in total. The van der Waals surface area contributed by atoms with E-state index in [1.54, 1.807) is 30.5 Å². The van der Waals surface area contributed by atoms with Crippen LogP contribution in [0.25, 0.3) is 22.1 Å². The predicted molar refractivity (Wildman–Crippen MR) is 158 cm³/mol. The first-order chi connectivity index (χ1) is 20.5. The van der Waals surface area contributed by atoms with E-state index in [2.05, 4.69) is 11.1 Å². The quantitative estimate of drug-likeness (QED) is 0.204. The number of carboxylic acids is 1. The van der Waals surface area contributed by atoms with Gasteiger partial charge in [0.1, 0.15) is 23.7 Å². The minimum atomic E-state index is -0.917. The van der Waals surface area contributed by atoms with E-state index >= 15 is 4.39 Å². The van der Waals surface area contributed by atoms with Gasteiger partial charge in [0.05, 0.1) is 12.1 Å². The lowest BCUT2D eigenvalue weighted by Gasteiger charge is -2.53. The number of furan rings is 1. The number of aliphatic carboxylic acids is 1. The first-order valence-corrected chi connectivity index (χ1v) is 15.3. The molecule has 0 bridgehead atoms. The minimum absolute atomic E-state index is 0.00267. The molecule has 42 heavy (non-hydrogen) atoms. The third kappa shape index (κ3) is 4.87. The molecule has 4 aromatic rings. The molecule has 3 N–H and O–H groups in total. The third-order valence-corrected chi connectivity index (χ3v) is 10.2. The number of fused-ring (bicyclic) bond motifs is 1. The number of pyridine rings is 1. The number of benzene rings is 2. The second-order valence-corrected chi connectivity index (χ2v) is 12.4. The Morgan fingerprint density at radius 2 is 1.81 bits per heavy atom. The maximum atomic E-state index is 15.6. The molecule has 0 saturated heterocycles. The van der Waals surface area contributed by atoms with Gasteiger partial charge >= 0.3 is 5.97 Å². The Kier molecular flexibility index (Phi) is 7.22. The van der Waals surface area contributed by atoms with E-state index in [1.165, 1.54) is 38.5 Å². The summed E-state index contributed by atoms with van der Waals surface area (Å²) in [7, 11) is 0. The van der Waals surface area contributed by atoms with Crippen molar-refractivity contribution in [2.24, 2.45) is 29.4 Å². The fourth-order valence-electron chi connectivity index (χ4n) is 7.58. The molecular formula is C35H37FN2O4. The number of aromatic nitrogens is 1. The first kappa shape index (κ1) is 27.1. The van der Waals surface area contributed by atoms with E-state index in [4.69, 9.17) is 14.9 Å². The molecule has 3 fully saturated rings. The van der Waals surface area contributed by atoms with Crippen LogP contribution in [0, 0.1) is 29.5 Å². The van der Waals surface area contributed by atoms with Gasteiger partial charge in [-0.1, -0.05) is 37.5 Å². The van der Waals surface area contributed by atoms with Crippen LogP contribution in [0.3, 0.4) is 0 Å². The number of hydrogen-bond donors (Lipinski definition) is 2. The van der Waals surface area contributed by atoms with Gasteiger partial charge in [0.25, 0.3) is 0 Å². The maximum Gasteiger partial charge on any atom is 0.307 e. The average molecular weight is 569 g/mol. The highest BCUT2D eigenvalue weighted by Crippen LogP contribution is 2.59. The summed E-state index contributed by atoms with van der Waals surface area (Å²) >= 11 is 0. The molecule has 218 valence electrons. The smallest absolute Gasteiger partial charge is 0.307 e. The van der Waals surface area contributed by atoms with E-state index < -0.39 is 11.8 Å². The lowest BCUT2D eigenvalue weighted by molar-refractivity contribution is -0.136. The summed E-state index contributed by atoms with van der Waals surface area (Å²) in [4.78, 5) is 15.5. The summed E-state index contributed by atoms with van der Waals surface area (Å²) in [5.74, 6) is 3.87. The number of ether oxygens (including phenoxy) is 1. The van der Waals surface area contributed by atoms with Gasteiger partial charge in [-0.2, -0.15) is 0 Å². The molecule has 3 aliphatic carbocycles. The number of rotatable bonds is 10. The molecule has 2 aromatic carbocycles. The highest BCUT2D eigenvalue weighted by molar-refractivity contribution is 5.94. The molecule has 0 aliphatic heterocycles. The number of nitrogens with two attached hydrogens (primary N) is 1. The van der Waals surface area contributed by atoms with Crippen molar-refractivity contribution in [2.75, 3.05) is 0 Å². The number of hydrogen-bond acceptors (Lipinski definition) is 5. The van der Waals surface area contributed by atoms with E-state index in [0.717, 1.165) is 40.9 Å². The minimum Gasteiger partial charge on any atom is -0.489 e. The van der Waals surface area contributed by atoms with Crippen molar-refractivity contribution in [3.63, 3.8) is 0 Å². The molecule has 0 spiro atoms. The fraction of sp³-hybridized carbons (Fsp3) is 0.429. The zero-order valence-corrected chi connectivity index (χ0v) is 23.7. The van der Waals surface area contributed by atoms with Gasteiger partial charge in [0.15, 0.2) is 5.82 Å². The monoisotopic (exact) mass is 568 g/mol. The normalized spacial score (nSPS) is 23.7. The predicted octanol–water partition coefficient (Wildman–Crippen LogP) is 7.62. The summed E-state index contributed by atoms with van der Waals surface area (Å²) in [6.07, 6.45) is 10.8. The molecule has 0 radical (unpaired) electrons. The molecule has 0 amide bonds. The molecule has 2 aromatic heterocycles. The van der Waals surface area contributed by atoms with Crippen LogP contribution in [0.2, 0.25) is 0 Å². The van der Waals surface area contributed by atoms with Crippen LogP contribution in [0.4, 0.5) is 4.39 Å². The molecule has 3 saturated carbocycles. The number of para-hydroxylation sites is 1. The van der Waals surface area contributed by atoms with Crippen LogP contribution in [0.15, 0.2) is 59.1 Å². The van der Waals surface area contributed by atoms with Crippen LogP contribution in [-0.4, -0.2) is 16.1 Å². The summed E-state index contributed by atoms with van der Waals surface area (Å²) < 4.78 is 28.3. The Morgan fingerprint density at radius 3 is 2.50 bits per heavy atom. The van der Waals surface area contributed by atoms with Gasteiger partial charge in [-0.05, 0) is 85.3 Å². The molecule has 7 heteroatoms. The Balaban J connectivity index is 1.23. The van der Waals surface area contributed by atoms with Gasteiger partial charge in [0.2, 0.25) is 0 Å². The van der Waals surface area contributed by atoms with E-state index in [9.17, 15) is 9.90 Å². The SMILES string of the molecule is NCc1nccc(-c2cc(COc3ccccc3CC(=O)O)cc3cc(C4CCC4C4CCC4C4CCC4)oc23)c1F. The Hall–Kier alpha value is -3.71. The second kappa shape index (κ2) is 11.2. The van der Waals surface area contributed by atoms with E-state index in [-0.39, 0.29) is 25.3 Å². The zero-order valence-electron chi connectivity index (χ0n) is 23.7. The van der Waals surface area contributed by atoms with Gasteiger partial charge in [-0.3, -0.25) is 9.78 Å². The van der Waals surface area contributed by atoms with Gasteiger partial charge in [-0.25, -0.2) is 4.39 Å². The van der Waals surface area contributed by atoms with Crippen LogP contribution in [-0.2, 0) is 24.4 Å². The largest absolute Gasteiger partial charge is 0.489 e. The van der Waals surface area contributed by atoms with E-state index in [1.807, 2.05) is 18.2 Å². The third-order valence-electron chi connectivity index (χ3n) is 10.2. The summed E-state index contributed by atoms with van der Waals surface area (Å²) in [5, 5.41) is 10.2. The Morgan fingerprint density at radius 1 is 1.00 bits per heavy atom. The number of halogens is 1. The molecule has 2 heterocycles. The molecular weight excluding hydrogens is 531 g/mol. The number of carboxylic acid groups (broad SMARTS) is 1. The van der Waals surface area contributed by atoms with Crippen molar-refractivity contribution in [2.45, 2.75) is 70.4 Å². The maximum absolute atomic E-state index is 15.6. The molecule has 7 rings (SSSR count). The second-order valence-electron chi connectivity index (χ2n) is 12.4. The van der Waals surface area contributed by atoms with Gasteiger partial charge < -0.3 is 20.0 Å². The highest BCUT2D eigenvalue weighted by atomic mass is 19.1. The van der Waals surface area contributed by atoms with Crippen molar-refractivity contribution in [1.82, 2.24) is 4.98 Å². The van der Waals surface area contributed by atoms with Crippen LogP contribution >= 0.6 is 0 Å². The summed E-state index contributed by atoms with van der Waals surface area (Å²) in [6, 6.07) is 14.9. The van der Waals surface area contributed by atoms with Crippen molar-refractivity contribution in [3.8, 4) is 16.9 Å². The standard InChI is InChI=1S/C35H37FN2O4/c36-34-28(12-13-38-30(34)18-37)29-15-20(19-41-31-7-2-1-4-22(31)17-33(39)40)14-23-16-32(42-35(23)29)27-11-10-26(27)25-9-8-24(25)21-5-3-6-21/h1-2,4,7,12-16,21,24-27H,3,5-6,8-11,17-19,37H2,(H,39,40). The van der Waals surface area contributed by atoms with Crippen molar-refractivity contribution < 1.29 is 23.4 Å².